The van der Waals surface area contributed by atoms with Crippen molar-refractivity contribution in [3.05, 3.63) is 42.0 Å². The van der Waals surface area contributed by atoms with Gasteiger partial charge in [-0.15, -0.1) is 0 Å². The van der Waals surface area contributed by atoms with Crippen LogP contribution in [0.2, 0.25) is 0 Å². The van der Waals surface area contributed by atoms with Crippen molar-refractivity contribution in [3.63, 3.8) is 0 Å². The number of aliphatic hydroxyl groups is 1. The first-order valence-corrected chi connectivity index (χ1v) is 10.5. The third-order valence-corrected chi connectivity index (χ3v) is 7.53. The minimum Gasteiger partial charge on any atom is -0.459 e. The van der Waals surface area contributed by atoms with E-state index in [1.54, 1.807) is 6.08 Å². The molecule has 0 bridgehead atoms. The first kappa shape index (κ1) is 19.7. The molecule has 2 saturated carbocycles. The molecule has 1 aromatic rings. The topological polar surface area (TPSA) is 59.1 Å². The monoisotopic (exact) mass is 384 g/mol. The van der Waals surface area contributed by atoms with Gasteiger partial charge in [0, 0.05) is 18.4 Å². The Morgan fingerprint density at radius 3 is 2.61 bits per heavy atom. The van der Waals surface area contributed by atoms with E-state index in [1.807, 2.05) is 30.3 Å². The van der Waals surface area contributed by atoms with Crippen molar-refractivity contribution < 1.29 is 19.4 Å². The third-order valence-electron chi connectivity index (χ3n) is 7.53. The highest BCUT2D eigenvalue weighted by atomic mass is 16.6. The molecular formula is C24H32O4. The Kier molecular flexibility index (Phi) is 4.71. The Balaban J connectivity index is 1.59. The van der Waals surface area contributed by atoms with E-state index in [2.05, 4.69) is 27.7 Å². The van der Waals surface area contributed by atoms with Crippen molar-refractivity contribution >= 4 is 12.0 Å². The number of rotatable bonds is 4. The van der Waals surface area contributed by atoms with Gasteiger partial charge in [0.05, 0.1) is 17.3 Å². The van der Waals surface area contributed by atoms with Gasteiger partial charge in [0.1, 0.15) is 6.10 Å². The summed E-state index contributed by atoms with van der Waals surface area (Å²) in [6.07, 6.45) is 6.41. The first-order valence-electron chi connectivity index (χ1n) is 10.5. The quantitative estimate of drug-likeness (QED) is 0.476. The van der Waals surface area contributed by atoms with Gasteiger partial charge in [-0.1, -0.05) is 51.1 Å². The van der Waals surface area contributed by atoms with Crippen LogP contribution >= 0.6 is 0 Å². The van der Waals surface area contributed by atoms with Gasteiger partial charge < -0.3 is 14.6 Å². The molecular weight excluding hydrogens is 352 g/mol. The number of carbonyl (C=O) groups excluding carboxylic acids is 1. The van der Waals surface area contributed by atoms with Crippen molar-refractivity contribution in [1.82, 2.24) is 0 Å². The third kappa shape index (κ3) is 3.31. The summed E-state index contributed by atoms with van der Waals surface area (Å²) in [5.74, 6) is -0.303. The predicted octanol–water partition coefficient (Wildman–Crippen LogP) is 4.37. The molecule has 6 atom stereocenters. The second-order valence-electron chi connectivity index (χ2n) is 9.82. The van der Waals surface area contributed by atoms with Crippen molar-refractivity contribution in [3.8, 4) is 0 Å². The SMILES string of the molecule is CC(C)[C@]1(O)CC[C@]2(C)C[C@@H]3O[C@]3(C)C[C@H](OC(=O)/C=C/c3ccccc3)C21. The van der Waals surface area contributed by atoms with Crippen molar-refractivity contribution in [2.45, 2.75) is 76.8 Å². The summed E-state index contributed by atoms with van der Waals surface area (Å²) in [4.78, 5) is 12.7. The molecule has 4 rings (SSSR count). The molecule has 4 heteroatoms. The van der Waals surface area contributed by atoms with Crippen LogP contribution in [0, 0.1) is 17.3 Å². The van der Waals surface area contributed by atoms with Crippen LogP contribution in [0.25, 0.3) is 6.08 Å². The molecule has 28 heavy (non-hydrogen) atoms. The Morgan fingerprint density at radius 2 is 1.93 bits per heavy atom. The van der Waals surface area contributed by atoms with Crippen LogP contribution in [-0.2, 0) is 14.3 Å². The Labute approximate surface area is 167 Å². The lowest BCUT2D eigenvalue weighted by Crippen LogP contribution is -2.50. The molecule has 3 aliphatic rings. The van der Waals surface area contributed by atoms with Gasteiger partial charge in [0.25, 0.3) is 0 Å². The number of carbonyl (C=O) groups is 1. The molecule has 1 aliphatic heterocycles. The number of fused-ring (bicyclic) bond motifs is 2. The minimum absolute atomic E-state index is 0.0673. The second kappa shape index (κ2) is 6.70. The molecule has 0 radical (unpaired) electrons. The maximum atomic E-state index is 12.7. The van der Waals surface area contributed by atoms with Gasteiger partial charge in [-0.2, -0.15) is 0 Å². The van der Waals surface area contributed by atoms with Crippen molar-refractivity contribution in [2.75, 3.05) is 0 Å². The smallest absolute Gasteiger partial charge is 0.331 e. The summed E-state index contributed by atoms with van der Waals surface area (Å²) in [7, 11) is 0. The van der Waals surface area contributed by atoms with Crippen LogP contribution in [0.4, 0.5) is 0 Å². The van der Waals surface area contributed by atoms with Crippen LogP contribution in [0.15, 0.2) is 36.4 Å². The van der Waals surface area contributed by atoms with Crippen LogP contribution in [0.1, 0.15) is 58.9 Å². The van der Waals surface area contributed by atoms with Crippen LogP contribution < -0.4 is 0 Å². The number of hydrogen-bond acceptors (Lipinski definition) is 4. The molecule has 0 amide bonds. The Bertz CT molecular complexity index is 772. The summed E-state index contributed by atoms with van der Waals surface area (Å²) in [5, 5.41) is 11.6. The fourth-order valence-corrected chi connectivity index (χ4v) is 5.74. The molecule has 1 aromatic carbocycles. The molecule has 1 heterocycles. The van der Waals surface area contributed by atoms with Gasteiger partial charge in [-0.3, -0.25) is 0 Å². The number of benzene rings is 1. The van der Waals surface area contributed by atoms with Crippen molar-refractivity contribution in [1.29, 1.82) is 0 Å². The number of esters is 1. The maximum Gasteiger partial charge on any atom is 0.331 e. The zero-order valence-corrected chi connectivity index (χ0v) is 17.4. The van der Waals surface area contributed by atoms with E-state index in [4.69, 9.17) is 9.47 Å². The van der Waals surface area contributed by atoms with Crippen LogP contribution in [0.3, 0.4) is 0 Å². The predicted molar refractivity (Wildman–Crippen MR) is 108 cm³/mol. The van der Waals surface area contributed by atoms with E-state index in [9.17, 15) is 9.90 Å². The van der Waals surface area contributed by atoms with E-state index >= 15 is 0 Å². The highest BCUT2D eigenvalue weighted by Gasteiger charge is 2.68. The summed E-state index contributed by atoms with van der Waals surface area (Å²) < 4.78 is 12.0. The normalized spacial score (nSPS) is 42.1. The van der Waals surface area contributed by atoms with E-state index in [1.165, 1.54) is 6.08 Å². The number of epoxide rings is 1. The minimum atomic E-state index is -0.810. The highest BCUT2D eigenvalue weighted by molar-refractivity contribution is 5.87. The van der Waals surface area contributed by atoms with Crippen molar-refractivity contribution in [2.24, 2.45) is 17.3 Å². The number of hydrogen-bond donors (Lipinski definition) is 1. The molecule has 152 valence electrons. The fraction of sp³-hybridized carbons (Fsp3) is 0.625. The lowest BCUT2D eigenvalue weighted by Gasteiger charge is -2.44. The van der Waals surface area contributed by atoms with Gasteiger partial charge in [0.2, 0.25) is 0 Å². The standard InChI is InChI=1S/C24H32O4/c1-16(2)24(26)13-12-22(3)15-19-23(4,28-19)14-18(21(22)24)27-20(25)11-10-17-8-6-5-7-9-17/h5-11,16,18-19,21,26H,12-15H2,1-4H3/b11-10+/t18-,19-,21?,22+,23+,24+/m0/s1. The summed E-state index contributed by atoms with van der Waals surface area (Å²) in [6.45, 7) is 8.50. The van der Waals surface area contributed by atoms with Crippen LogP contribution in [-0.4, -0.2) is 34.5 Å². The summed E-state index contributed by atoms with van der Waals surface area (Å²) in [6, 6.07) is 9.72. The average Bonchev–Trinajstić information content (AvgIpc) is 3.18. The van der Waals surface area contributed by atoms with E-state index in [-0.39, 0.29) is 41.0 Å². The molecule has 4 nitrogen and oxygen atoms in total. The van der Waals surface area contributed by atoms with Crippen LogP contribution in [0.5, 0.6) is 0 Å². The lowest BCUT2D eigenvalue weighted by molar-refractivity contribution is -0.163. The molecule has 2 aliphatic carbocycles. The van der Waals surface area contributed by atoms with Gasteiger partial charge in [0.15, 0.2) is 0 Å². The fourth-order valence-electron chi connectivity index (χ4n) is 5.74. The van der Waals surface area contributed by atoms with E-state index in [0.717, 1.165) is 24.8 Å². The maximum absolute atomic E-state index is 12.7. The Morgan fingerprint density at radius 1 is 1.21 bits per heavy atom. The molecule has 1 N–H and O–H groups in total. The average molecular weight is 385 g/mol. The lowest BCUT2D eigenvalue weighted by atomic mass is 9.67. The second-order valence-corrected chi connectivity index (χ2v) is 9.82. The molecule has 1 saturated heterocycles. The number of ether oxygens (including phenoxy) is 2. The Hall–Kier alpha value is -1.65. The zero-order valence-electron chi connectivity index (χ0n) is 17.4. The van der Waals surface area contributed by atoms with Gasteiger partial charge in [-0.25, -0.2) is 4.79 Å². The zero-order chi connectivity index (χ0) is 20.2. The summed E-state index contributed by atoms with van der Waals surface area (Å²) in [5.41, 5.74) is -0.163. The van der Waals surface area contributed by atoms with E-state index < -0.39 is 5.60 Å². The van der Waals surface area contributed by atoms with Gasteiger partial charge >= 0.3 is 5.97 Å². The van der Waals surface area contributed by atoms with E-state index in [0.29, 0.717) is 6.42 Å². The molecule has 1 unspecified atom stereocenters. The molecule has 0 aromatic heterocycles. The highest BCUT2D eigenvalue weighted by Crippen LogP contribution is 2.63. The molecule has 0 spiro atoms. The van der Waals surface area contributed by atoms with Gasteiger partial charge in [-0.05, 0) is 49.2 Å². The summed E-state index contributed by atoms with van der Waals surface area (Å²) >= 11 is 0. The largest absolute Gasteiger partial charge is 0.459 e. The first-order chi connectivity index (χ1) is 13.2. The molecule has 3 fully saturated rings.